The molecule has 2 nitrogen and oxygen atoms in total. The van der Waals surface area contributed by atoms with E-state index in [1.807, 2.05) is 0 Å². The molecule has 21 heavy (non-hydrogen) atoms. The lowest BCUT2D eigenvalue weighted by atomic mass is 9.75. The van der Waals surface area contributed by atoms with Gasteiger partial charge in [0, 0.05) is 18.6 Å². The van der Waals surface area contributed by atoms with Gasteiger partial charge in [0.25, 0.3) is 0 Å². The summed E-state index contributed by atoms with van der Waals surface area (Å²) in [6.45, 7) is 11.0. The molecule has 1 aliphatic heterocycles. The summed E-state index contributed by atoms with van der Waals surface area (Å²) >= 11 is 0. The van der Waals surface area contributed by atoms with Crippen LogP contribution in [0.5, 0.6) is 0 Å². The summed E-state index contributed by atoms with van der Waals surface area (Å²) < 4.78 is 0. The van der Waals surface area contributed by atoms with Crippen molar-refractivity contribution in [3.05, 3.63) is 0 Å². The van der Waals surface area contributed by atoms with E-state index < -0.39 is 0 Å². The summed E-state index contributed by atoms with van der Waals surface area (Å²) in [7, 11) is 0. The lowest BCUT2D eigenvalue weighted by Gasteiger charge is -2.42. The monoisotopic (exact) mass is 294 g/mol. The van der Waals surface area contributed by atoms with Crippen molar-refractivity contribution in [1.82, 2.24) is 10.2 Å². The van der Waals surface area contributed by atoms with E-state index in [1.165, 1.54) is 77.4 Å². The van der Waals surface area contributed by atoms with Crippen molar-refractivity contribution >= 4 is 0 Å². The van der Waals surface area contributed by atoms with Gasteiger partial charge in [-0.3, -0.25) is 0 Å². The van der Waals surface area contributed by atoms with Gasteiger partial charge in [-0.2, -0.15) is 0 Å². The third-order valence-corrected chi connectivity index (χ3v) is 5.85. The van der Waals surface area contributed by atoms with E-state index in [0.717, 1.165) is 23.9 Å². The molecule has 0 radical (unpaired) electrons. The standard InChI is InChI=1S/C19H38N2/c1-4-8-17-10-11-19(20-12-5-2)18(14-17)15-21-13-7-6-9-16(21)3/h16-20H,4-15H2,1-3H3. The first-order valence-corrected chi connectivity index (χ1v) is 9.72. The molecule has 0 spiro atoms. The quantitative estimate of drug-likeness (QED) is 0.746. The average Bonchev–Trinajstić information content (AvgIpc) is 2.49. The van der Waals surface area contributed by atoms with Crippen LogP contribution in [0.15, 0.2) is 0 Å². The van der Waals surface area contributed by atoms with Crippen LogP contribution in [0, 0.1) is 11.8 Å². The van der Waals surface area contributed by atoms with E-state index in [2.05, 4.69) is 31.0 Å². The Morgan fingerprint density at radius 3 is 2.62 bits per heavy atom. The van der Waals surface area contributed by atoms with Crippen molar-refractivity contribution in [1.29, 1.82) is 0 Å². The summed E-state index contributed by atoms with van der Waals surface area (Å²) in [5, 5.41) is 3.86. The Bertz CT molecular complexity index is 279. The van der Waals surface area contributed by atoms with E-state index in [-0.39, 0.29) is 0 Å². The van der Waals surface area contributed by atoms with Gasteiger partial charge >= 0.3 is 0 Å². The number of nitrogens with zero attached hydrogens (tertiary/aromatic N) is 1. The topological polar surface area (TPSA) is 15.3 Å². The average molecular weight is 295 g/mol. The molecule has 4 atom stereocenters. The van der Waals surface area contributed by atoms with E-state index in [1.54, 1.807) is 0 Å². The van der Waals surface area contributed by atoms with Crippen LogP contribution in [0.4, 0.5) is 0 Å². The van der Waals surface area contributed by atoms with Gasteiger partial charge in [-0.15, -0.1) is 0 Å². The molecule has 0 bridgehead atoms. The molecule has 2 rings (SSSR count). The fourth-order valence-corrected chi connectivity index (χ4v) is 4.56. The molecule has 2 fully saturated rings. The fourth-order valence-electron chi connectivity index (χ4n) is 4.56. The zero-order valence-electron chi connectivity index (χ0n) is 14.7. The highest BCUT2D eigenvalue weighted by Crippen LogP contribution is 2.34. The van der Waals surface area contributed by atoms with Crippen molar-refractivity contribution in [2.75, 3.05) is 19.6 Å². The Labute approximate surface area is 133 Å². The highest BCUT2D eigenvalue weighted by molar-refractivity contribution is 4.88. The van der Waals surface area contributed by atoms with Crippen molar-refractivity contribution < 1.29 is 0 Å². The summed E-state index contributed by atoms with van der Waals surface area (Å²) in [6.07, 6.45) is 12.7. The number of piperidine rings is 1. The molecule has 2 aliphatic rings. The summed E-state index contributed by atoms with van der Waals surface area (Å²) in [4.78, 5) is 2.79. The summed E-state index contributed by atoms with van der Waals surface area (Å²) in [6, 6.07) is 1.60. The van der Waals surface area contributed by atoms with E-state index >= 15 is 0 Å². The lowest BCUT2D eigenvalue weighted by Crippen LogP contribution is -2.49. The van der Waals surface area contributed by atoms with Crippen LogP contribution in [0.25, 0.3) is 0 Å². The minimum absolute atomic E-state index is 0.784. The number of likely N-dealkylation sites (tertiary alicyclic amines) is 1. The van der Waals surface area contributed by atoms with E-state index in [9.17, 15) is 0 Å². The van der Waals surface area contributed by atoms with Crippen LogP contribution < -0.4 is 5.32 Å². The fraction of sp³-hybridized carbons (Fsp3) is 1.00. The molecule has 0 amide bonds. The normalized spacial score (nSPS) is 35.0. The maximum absolute atomic E-state index is 3.86. The van der Waals surface area contributed by atoms with Crippen LogP contribution in [-0.2, 0) is 0 Å². The highest BCUT2D eigenvalue weighted by Gasteiger charge is 2.32. The molecule has 4 unspecified atom stereocenters. The smallest absolute Gasteiger partial charge is 0.0108 e. The summed E-state index contributed by atoms with van der Waals surface area (Å²) in [5.41, 5.74) is 0. The molecular weight excluding hydrogens is 256 g/mol. The molecule has 0 aromatic rings. The van der Waals surface area contributed by atoms with Crippen LogP contribution in [0.3, 0.4) is 0 Å². The largest absolute Gasteiger partial charge is 0.314 e. The van der Waals surface area contributed by atoms with Gasteiger partial charge in [-0.25, -0.2) is 0 Å². The first-order valence-electron chi connectivity index (χ1n) is 9.72. The Morgan fingerprint density at radius 2 is 1.90 bits per heavy atom. The minimum atomic E-state index is 0.784. The Morgan fingerprint density at radius 1 is 1.05 bits per heavy atom. The van der Waals surface area contributed by atoms with Gasteiger partial charge in [0.15, 0.2) is 0 Å². The van der Waals surface area contributed by atoms with Gasteiger partial charge < -0.3 is 10.2 Å². The number of hydrogen-bond acceptors (Lipinski definition) is 2. The summed E-state index contributed by atoms with van der Waals surface area (Å²) in [5.74, 6) is 1.89. The van der Waals surface area contributed by atoms with Crippen LogP contribution in [0.1, 0.15) is 78.6 Å². The maximum Gasteiger partial charge on any atom is 0.0108 e. The van der Waals surface area contributed by atoms with Gasteiger partial charge in [0.2, 0.25) is 0 Å². The van der Waals surface area contributed by atoms with Crippen molar-refractivity contribution in [2.24, 2.45) is 11.8 Å². The first kappa shape index (κ1) is 17.3. The zero-order chi connectivity index (χ0) is 15.1. The Hall–Kier alpha value is -0.0800. The Kier molecular flexibility index (Phi) is 7.53. The molecule has 0 aromatic heterocycles. The predicted octanol–water partition coefficient (Wildman–Crippen LogP) is 4.45. The van der Waals surface area contributed by atoms with Gasteiger partial charge in [0.1, 0.15) is 0 Å². The Balaban J connectivity index is 1.91. The molecule has 1 heterocycles. The third-order valence-electron chi connectivity index (χ3n) is 5.85. The molecule has 2 heteroatoms. The first-order chi connectivity index (χ1) is 10.2. The second-order valence-electron chi connectivity index (χ2n) is 7.63. The van der Waals surface area contributed by atoms with E-state index in [4.69, 9.17) is 0 Å². The predicted molar refractivity (Wildman–Crippen MR) is 92.7 cm³/mol. The van der Waals surface area contributed by atoms with Gasteiger partial charge in [-0.05, 0) is 70.4 Å². The molecule has 1 aliphatic carbocycles. The lowest BCUT2D eigenvalue weighted by molar-refractivity contribution is 0.0914. The van der Waals surface area contributed by atoms with Gasteiger partial charge in [0.05, 0.1) is 0 Å². The molecular formula is C19H38N2. The van der Waals surface area contributed by atoms with Crippen molar-refractivity contribution in [3.8, 4) is 0 Å². The maximum atomic E-state index is 3.86. The van der Waals surface area contributed by atoms with Crippen LogP contribution in [0.2, 0.25) is 0 Å². The van der Waals surface area contributed by atoms with Crippen molar-refractivity contribution in [2.45, 2.75) is 90.6 Å². The van der Waals surface area contributed by atoms with E-state index in [0.29, 0.717) is 0 Å². The molecule has 1 saturated carbocycles. The third kappa shape index (κ3) is 5.25. The highest BCUT2D eigenvalue weighted by atomic mass is 15.2. The second kappa shape index (κ2) is 9.15. The SMILES string of the molecule is CCCNC1CCC(CCC)CC1CN1CCCCC1C. The van der Waals surface area contributed by atoms with Gasteiger partial charge in [-0.1, -0.05) is 33.1 Å². The minimum Gasteiger partial charge on any atom is -0.314 e. The zero-order valence-corrected chi connectivity index (χ0v) is 14.7. The molecule has 0 aromatic carbocycles. The van der Waals surface area contributed by atoms with Crippen LogP contribution >= 0.6 is 0 Å². The van der Waals surface area contributed by atoms with Crippen LogP contribution in [-0.4, -0.2) is 36.6 Å². The number of rotatable bonds is 7. The molecule has 1 N–H and O–H groups in total. The second-order valence-corrected chi connectivity index (χ2v) is 7.63. The molecule has 1 saturated heterocycles. The number of hydrogen-bond donors (Lipinski definition) is 1. The number of nitrogens with one attached hydrogen (secondary N) is 1. The molecule has 124 valence electrons. The van der Waals surface area contributed by atoms with Crippen molar-refractivity contribution in [3.63, 3.8) is 0 Å².